The third-order valence-corrected chi connectivity index (χ3v) is 4.18. The Morgan fingerprint density at radius 2 is 2.24 bits per heavy atom. The monoisotopic (exact) mass is 323 g/mol. The second-order valence-corrected chi connectivity index (χ2v) is 5.90. The lowest BCUT2D eigenvalue weighted by molar-refractivity contribution is 0.338. The molecule has 1 heterocycles. The summed E-state index contributed by atoms with van der Waals surface area (Å²) in [6.45, 7) is 2.56. The van der Waals surface area contributed by atoms with Crippen molar-refractivity contribution in [3.8, 4) is 5.75 Å². The van der Waals surface area contributed by atoms with Crippen LogP contribution in [0.2, 0.25) is 5.02 Å². The summed E-state index contributed by atoms with van der Waals surface area (Å²) >= 11 is 7.67. The van der Waals surface area contributed by atoms with Crippen LogP contribution in [-0.2, 0) is 0 Å². The van der Waals surface area contributed by atoms with Crippen molar-refractivity contribution in [2.75, 3.05) is 12.4 Å². The highest BCUT2D eigenvalue weighted by Crippen LogP contribution is 2.27. The van der Waals surface area contributed by atoms with Gasteiger partial charge in [-0.15, -0.1) is 11.8 Å². The molecule has 0 bridgehead atoms. The average molecular weight is 324 g/mol. The first kappa shape index (κ1) is 16.1. The van der Waals surface area contributed by atoms with Gasteiger partial charge in [0.2, 0.25) is 0 Å². The van der Waals surface area contributed by atoms with E-state index in [-0.39, 0.29) is 6.04 Å². The van der Waals surface area contributed by atoms with Gasteiger partial charge in [0.1, 0.15) is 5.75 Å². The molecular formula is C15H18ClN3OS. The number of hydrogen-bond acceptors (Lipinski definition) is 5. The number of ether oxygens (including phenoxy) is 1. The van der Waals surface area contributed by atoms with Gasteiger partial charge in [-0.25, -0.2) is 0 Å². The standard InChI is InChI=1S/C15H18ClN3OS/c1-2-20-13-6-11(8-18-9-13)15(19-17)10-21-14-5-3-4-12(16)7-14/h3-9,15,19H,2,10,17H2,1H3. The van der Waals surface area contributed by atoms with Gasteiger partial charge >= 0.3 is 0 Å². The summed E-state index contributed by atoms with van der Waals surface area (Å²) in [6, 6.07) is 9.71. The number of pyridine rings is 1. The molecular weight excluding hydrogens is 306 g/mol. The topological polar surface area (TPSA) is 60.2 Å². The third kappa shape index (κ3) is 4.89. The first-order valence-electron chi connectivity index (χ1n) is 6.65. The predicted octanol–water partition coefficient (Wildman–Crippen LogP) is 3.43. The van der Waals surface area contributed by atoms with Gasteiger partial charge in [-0.05, 0) is 36.8 Å². The van der Waals surface area contributed by atoms with E-state index < -0.39 is 0 Å². The van der Waals surface area contributed by atoms with Crippen LogP contribution in [-0.4, -0.2) is 17.3 Å². The van der Waals surface area contributed by atoms with Crippen molar-refractivity contribution in [3.05, 3.63) is 53.3 Å². The number of rotatable bonds is 7. The molecule has 0 radical (unpaired) electrons. The van der Waals surface area contributed by atoms with Gasteiger partial charge in [-0.3, -0.25) is 16.3 Å². The molecule has 2 rings (SSSR count). The Hall–Kier alpha value is -1.27. The van der Waals surface area contributed by atoms with Crippen molar-refractivity contribution >= 4 is 23.4 Å². The second kappa shape index (κ2) is 8.24. The van der Waals surface area contributed by atoms with Crippen molar-refractivity contribution in [1.29, 1.82) is 0 Å². The lowest BCUT2D eigenvalue weighted by Gasteiger charge is -2.16. The fraction of sp³-hybridized carbons (Fsp3) is 0.267. The van der Waals surface area contributed by atoms with E-state index in [0.717, 1.165) is 27.0 Å². The van der Waals surface area contributed by atoms with Crippen LogP contribution >= 0.6 is 23.4 Å². The molecule has 3 N–H and O–H groups in total. The summed E-state index contributed by atoms with van der Waals surface area (Å²) in [6.07, 6.45) is 3.50. The summed E-state index contributed by atoms with van der Waals surface area (Å²) in [5.74, 6) is 7.19. The van der Waals surface area contributed by atoms with E-state index in [2.05, 4.69) is 10.4 Å². The summed E-state index contributed by atoms with van der Waals surface area (Å²) in [5, 5.41) is 0.734. The van der Waals surface area contributed by atoms with Crippen LogP contribution in [0.3, 0.4) is 0 Å². The quantitative estimate of drug-likeness (QED) is 0.464. The molecule has 1 unspecified atom stereocenters. The van der Waals surface area contributed by atoms with Crippen molar-refractivity contribution in [2.45, 2.75) is 17.9 Å². The molecule has 6 heteroatoms. The van der Waals surface area contributed by atoms with Gasteiger partial charge < -0.3 is 4.74 Å². The van der Waals surface area contributed by atoms with Crippen molar-refractivity contribution in [3.63, 3.8) is 0 Å². The molecule has 0 aliphatic rings. The second-order valence-electron chi connectivity index (χ2n) is 4.37. The van der Waals surface area contributed by atoms with Crippen LogP contribution in [0.5, 0.6) is 5.75 Å². The molecule has 0 fully saturated rings. The molecule has 0 aliphatic heterocycles. The van der Waals surface area contributed by atoms with Crippen molar-refractivity contribution in [2.24, 2.45) is 5.84 Å². The van der Waals surface area contributed by atoms with Crippen LogP contribution in [0, 0.1) is 0 Å². The van der Waals surface area contributed by atoms with E-state index in [1.54, 1.807) is 24.2 Å². The smallest absolute Gasteiger partial charge is 0.137 e. The minimum absolute atomic E-state index is 0.0121. The number of hydrogen-bond donors (Lipinski definition) is 2. The summed E-state index contributed by atoms with van der Waals surface area (Å²) in [7, 11) is 0. The lowest BCUT2D eigenvalue weighted by atomic mass is 10.1. The van der Waals surface area contributed by atoms with Crippen molar-refractivity contribution in [1.82, 2.24) is 10.4 Å². The number of aromatic nitrogens is 1. The van der Waals surface area contributed by atoms with Crippen LogP contribution in [0.1, 0.15) is 18.5 Å². The van der Waals surface area contributed by atoms with Gasteiger partial charge in [0, 0.05) is 21.9 Å². The SMILES string of the molecule is CCOc1cncc(C(CSc2cccc(Cl)c2)NN)c1. The molecule has 1 aromatic heterocycles. The molecule has 0 spiro atoms. The normalized spacial score (nSPS) is 12.1. The van der Waals surface area contributed by atoms with Gasteiger partial charge in [0.15, 0.2) is 0 Å². The number of halogens is 1. The fourth-order valence-corrected chi connectivity index (χ4v) is 3.14. The molecule has 0 amide bonds. The molecule has 0 aliphatic carbocycles. The number of nitrogens with zero attached hydrogens (tertiary/aromatic N) is 1. The molecule has 1 atom stereocenters. The Bertz CT molecular complexity index is 582. The number of nitrogens with two attached hydrogens (primary N) is 1. The zero-order valence-corrected chi connectivity index (χ0v) is 13.3. The third-order valence-electron chi connectivity index (χ3n) is 2.86. The maximum atomic E-state index is 5.99. The number of benzene rings is 1. The minimum Gasteiger partial charge on any atom is -0.492 e. The summed E-state index contributed by atoms with van der Waals surface area (Å²) in [5.41, 5.74) is 3.82. The van der Waals surface area contributed by atoms with E-state index in [0.29, 0.717) is 6.61 Å². The molecule has 2 aromatic rings. The lowest BCUT2D eigenvalue weighted by Crippen LogP contribution is -2.29. The van der Waals surface area contributed by atoms with Crippen LogP contribution in [0.4, 0.5) is 0 Å². The highest BCUT2D eigenvalue weighted by Gasteiger charge is 2.12. The number of hydrazine groups is 1. The molecule has 112 valence electrons. The Morgan fingerprint density at radius 1 is 1.38 bits per heavy atom. The number of nitrogens with one attached hydrogen (secondary N) is 1. The van der Waals surface area contributed by atoms with E-state index in [1.165, 1.54) is 0 Å². The Labute approximate surface area is 134 Å². The van der Waals surface area contributed by atoms with Crippen LogP contribution in [0.25, 0.3) is 0 Å². The largest absolute Gasteiger partial charge is 0.492 e. The first-order valence-corrected chi connectivity index (χ1v) is 8.01. The first-order chi connectivity index (χ1) is 10.2. The zero-order valence-electron chi connectivity index (χ0n) is 11.8. The Balaban J connectivity index is 2.04. The molecule has 0 saturated carbocycles. The van der Waals surface area contributed by atoms with Gasteiger partial charge in [-0.1, -0.05) is 17.7 Å². The van der Waals surface area contributed by atoms with Crippen LogP contribution < -0.4 is 16.0 Å². The highest BCUT2D eigenvalue weighted by atomic mass is 35.5. The fourth-order valence-electron chi connectivity index (χ4n) is 1.85. The van der Waals surface area contributed by atoms with Crippen LogP contribution in [0.15, 0.2) is 47.6 Å². The molecule has 0 saturated heterocycles. The molecule has 4 nitrogen and oxygen atoms in total. The summed E-state index contributed by atoms with van der Waals surface area (Å²) in [4.78, 5) is 5.30. The van der Waals surface area contributed by atoms with Gasteiger partial charge in [0.05, 0.1) is 18.8 Å². The molecule has 21 heavy (non-hydrogen) atoms. The van der Waals surface area contributed by atoms with Crippen molar-refractivity contribution < 1.29 is 4.74 Å². The maximum Gasteiger partial charge on any atom is 0.137 e. The van der Waals surface area contributed by atoms with E-state index in [9.17, 15) is 0 Å². The zero-order chi connectivity index (χ0) is 15.1. The predicted molar refractivity (Wildman–Crippen MR) is 87.6 cm³/mol. The van der Waals surface area contributed by atoms with Gasteiger partial charge in [-0.2, -0.15) is 0 Å². The van der Waals surface area contributed by atoms with E-state index in [1.807, 2.05) is 37.3 Å². The summed E-state index contributed by atoms with van der Waals surface area (Å²) < 4.78 is 5.46. The Kier molecular flexibility index (Phi) is 6.32. The maximum absolute atomic E-state index is 5.99. The molecule has 1 aromatic carbocycles. The highest BCUT2D eigenvalue weighted by molar-refractivity contribution is 7.99. The Morgan fingerprint density at radius 3 is 2.95 bits per heavy atom. The van der Waals surface area contributed by atoms with Gasteiger partial charge in [0.25, 0.3) is 0 Å². The average Bonchev–Trinajstić information content (AvgIpc) is 2.49. The number of thioether (sulfide) groups is 1. The minimum atomic E-state index is -0.0121. The van der Waals surface area contributed by atoms with E-state index >= 15 is 0 Å². The van der Waals surface area contributed by atoms with E-state index in [4.69, 9.17) is 22.2 Å².